The Labute approximate surface area is 126 Å². The van der Waals surface area contributed by atoms with E-state index in [2.05, 4.69) is 17.1 Å². The number of halogens is 2. The maximum Gasteiger partial charge on any atom is 0.142 e. The summed E-state index contributed by atoms with van der Waals surface area (Å²) < 4.78 is 13.5. The molecule has 1 heterocycles. The van der Waals surface area contributed by atoms with Crippen LogP contribution in [0, 0.1) is 5.82 Å². The van der Waals surface area contributed by atoms with Gasteiger partial charge in [-0.05, 0) is 44.0 Å². The first-order chi connectivity index (χ1) is 9.72. The molecule has 112 valence electrons. The lowest BCUT2D eigenvalue weighted by Crippen LogP contribution is -2.45. The van der Waals surface area contributed by atoms with Gasteiger partial charge in [-0.1, -0.05) is 37.1 Å². The van der Waals surface area contributed by atoms with Crippen LogP contribution in [0.1, 0.15) is 38.2 Å². The third kappa shape index (κ3) is 4.18. The predicted octanol–water partition coefficient (Wildman–Crippen LogP) is 3.83. The molecule has 1 aliphatic heterocycles. The van der Waals surface area contributed by atoms with Gasteiger partial charge in [0.15, 0.2) is 0 Å². The van der Waals surface area contributed by atoms with Crippen molar-refractivity contribution in [2.24, 2.45) is 0 Å². The summed E-state index contributed by atoms with van der Waals surface area (Å²) >= 11 is 6.07. The SMILES string of the molecule is CCCNCC1CCCCN1Cc1cccc(F)c1Cl. The molecule has 1 fully saturated rings. The number of nitrogens with one attached hydrogen (secondary N) is 1. The maximum absolute atomic E-state index is 13.5. The van der Waals surface area contributed by atoms with E-state index in [1.807, 2.05) is 6.07 Å². The Balaban J connectivity index is 1.99. The van der Waals surface area contributed by atoms with Gasteiger partial charge >= 0.3 is 0 Å². The first-order valence-corrected chi connectivity index (χ1v) is 7.97. The van der Waals surface area contributed by atoms with Crippen molar-refractivity contribution in [3.8, 4) is 0 Å². The van der Waals surface area contributed by atoms with Crippen molar-refractivity contribution >= 4 is 11.6 Å². The number of benzene rings is 1. The quantitative estimate of drug-likeness (QED) is 0.803. The van der Waals surface area contributed by atoms with Gasteiger partial charge in [0, 0.05) is 19.1 Å². The highest BCUT2D eigenvalue weighted by Crippen LogP contribution is 2.24. The third-order valence-electron chi connectivity index (χ3n) is 3.96. The minimum atomic E-state index is -0.318. The van der Waals surface area contributed by atoms with Crippen LogP contribution in [0.5, 0.6) is 0 Å². The molecular formula is C16H24ClFN2. The van der Waals surface area contributed by atoms with Gasteiger partial charge in [-0.25, -0.2) is 4.39 Å². The van der Waals surface area contributed by atoms with E-state index in [1.54, 1.807) is 6.07 Å². The molecule has 1 unspecified atom stereocenters. The van der Waals surface area contributed by atoms with Crippen molar-refractivity contribution in [2.75, 3.05) is 19.6 Å². The lowest BCUT2D eigenvalue weighted by atomic mass is 10.0. The largest absolute Gasteiger partial charge is 0.315 e. The van der Waals surface area contributed by atoms with E-state index in [4.69, 9.17) is 11.6 Å². The highest BCUT2D eigenvalue weighted by molar-refractivity contribution is 6.31. The Morgan fingerprint density at radius 2 is 2.25 bits per heavy atom. The normalized spacial score (nSPS) is 20.2. The molecule has 1 N–H and O–H groups in total. The van der Waals surface area contributed by atoms with E-state index in [-0.39, 0.29) is 10.8 Å². The zero-order valence-electron chi connectivity index (χ0n) is 12.2. The summed E-state index contributed by atoms with van der Waals surface area (Å²) in [5.74, 6) is -0.318. The average Bonchev–Trinajstić information content (AvgIpc) is 2.46. The van der Waals surface area contributed by atoms with E-state index < -0.39 is 0 Å². The van der Waals surface area contributed by atoms with Crippen molar-refractivity contribution in [1.29, 1.82) is 0 Å². The molecule has 0 aromatic heterocycles. The molecule has 1 saturated heterocycles. The first kappa shape index (κ1) is 15.7. The highest BCUT2D eigenvalue weighted by atomic mass is 35.5. The summed E-state index contributed by atoms with van der Waals surface area (Å²) in [5.41, 5.74) is 0.897. The smallest absolute Gasteiger partial charge is 0.142 e. The van der Waals surface area contributed by atoms with Crippen molar-refractivity contribution in [3.05, 3.63) is 34.6 Å². The number of hydrogen-bond donors (Lipinski definition) is 1. The fourth-order valence-electron chi connectivity index (χ4n) is 2.83. The maximum atomic E-state index is 13.5. The Bertz CT molecular complexity index is 425. The number of likely N-dealkylation sites (tertiary alicyclic amines) is 1. The molecule has 1 aromatic rings. The zero-order chi connectivity index (χ0) is 14.4. The molecule has 0 spiro atoms. The van der Waals surface area contributed by atoms with Crippen LogP contribution < -0.4 is 5.32 Å². The van der Waals surface area contributed by atoms with Crippen LogP contribution in [0.4, 0.5) is 4.39 Å². The molecule has 2 nitrogen and oxygen atoms in total. The molecule has 0 saturated carbocycles. The highest BCUT2D eigenvalue weighted by Gasteiger charge is 2.23. The molecular weight excluding hydrogens is 275 g/mol. The van der Waals surface area contributed by atoms with E-state index in [1.165, 1.54) is 25.3 Å². The topological polar surface area (TPSA) is 15.3 Å². The van der Waals surface area contributed by atoms with Gasteiger partial charge in [-0.3, -0.25) is 4.90 Å². The lowest BCUT2D eigenvalue weighted by molar-refractivity contribution is 0.137. The summed E-state index contributed by atoms with van der Waals surface area (Å²) in [4.78, 5) is 2.44. The monoisotopic (exact) mass is 298 g/mol. The zero-order valence-corrected chi connectivity index (χ0v) is 12.9. The third-order valence-corrected chi connectivity index (χ3v) is 4.38. The van der Waals surface area contributed by atoms with Crippen molar-refractivity contribution < 1.29 is 4.39 Å². The molecule has 2 rings (SSSR count). The van der Waals surface area contributed by atoms with Gasteiger partial charge in [0.2, 0.25) is 0 Å². The van der Waals surface area contributed by atoms with E-state index in [9.17, 15) is 4.39 Å². The number of hydrogen-bond acceptors (Lipinski definition) is 2. The Morgan fingerprint density at radius 1 is 1.40 bits per heavy atom. The molecule has 4 heteroatoms. The standard InChI is InChI=1S/C16H24ClFN2/c1-2-9-19-11-14-7-3-4-10-20(14)12-13-6-5-8-15(18)16(13)17/h5-6,8,14,19H,2-4,7,9-12H2,1H3. The molecule has 0 bridgehead atoms. The van der Waals surface area contributed by atoms with Gasteiger partial charge in [-0.2, -0.15) is 0 Å². The number of rotatable bonds is 6. The van der Waals surface area contributed by atoms with Crippen molar-refractivity contribution in [3.63, 3.8) is 0 Å². The molecule has 0 amide bonds. The van der Waals surface area contributed by atoms with Crippen molar-refractivity contribution in [2.45, 2.75) is 45.2 Å². The molecule has 0 aliphatic carbocycles. The lowest BCUT2D eigenvalue weighted by Gasteiger charge is -2.36. The second-order valence-corrected chi connectivity index (χ2v) is 5.92. The Hall–Kier alpha value is -0.640. The molecule has 1 aromatic carbocycles. The van der Waals surface area contributed by atoms with Gasteiger partial charge < -0.3 is 5.32 Å². The molecule has 0 radical (unpaired) electrons. The summed E-state index contributed by atoms with van der Waals surface area (Å²) in [6.45, 7) is 6.07. The summed E-state index contributed by atoms with van der Waals surface area (Å²) in [6.07, 6.45) is 4.87. The van der Waals surface area contributed by atoms with Crippen LogP contribution in [-0.2, 0) is 6.54 Å². The van der Waals surface area contributed by atoms with E-state index in [0.717, 1.165) is 38.2 Å². The van der Waals surface area contributed by atoms with Crippen LogP contribution >= 0.6 is 11.6 Å². The Morgan fingerprint density at radius 3 is 3.05 bits per heavy atom. The predicted molar refractivity (Wildman–Crippen MR) is 82.6 cm³/mol. The summed E-state index contributed by atoms with van der Waals surface area (Å²) in [7, 11) is 0. The van der Waals surface area contributed by atoms with Gasteiger partial charge in [0.1, 0.15) is 5.82 Å². The van der Waals surface area contributed by atoms with Crippen LogP contribution in [0.15, 0.2) is 18.2 Å². The molecule has 20 heavy (non-hydrogen) atoms. The van der Waals surface area contributed by atoms with E-state index in [0.29, 0.717) is 6.04 Å². The summed E-state index contributed by atoms with van der Waals surface area (Å²) in [6, 6.07) is 5.62. The second kappa shape index (κ2) is 7.96. The van der Waals surface area contributed by atoms with Crippen LogP contribution in [0.25, 0.3) is 0 Å². The second-order valence-electron chi connectivity index (χ2n) is 5.54. The average molecular weight is 299 g/mol. The van der Waals surface area contributed by atoms with Gasteiger partial charge in [-0.15, -0.1) is 0 Å². The fourth-order valence-corrected chi connectivity index (χ4v) is 3.02. The minimum absolute atomic E-state index is 0.276. The van der Waals surface area contributed by atoms with Crippen LogP contribution in [0.3, 0.4) is 0 Å². The molecule has 1 aliphatic rings. The minimum Gasteiger partial charge on any atom is -0.315 e. The van der Waals surface area contributed by atoms with Crippen LogP contribution in [-0.4, -0.2) is 30.6 Å². The Kier molecular flexibility index (Phi) is 6.27. The molecule has 1 atom stereocenters. The van der Waals surface area contributed by atoms with Crippen molar-refractivity contribution in [1.82, 2.24) is 10.2 Å². The fraction of sp³-hybridized carbons (Fsp3) is 0.625. The van der Waals surface area contributed by atoms with Gasteiger partial charge in [0.25, 0.3) is 0 Å². The van der Waals surface area contributed by atoms with Gasteiger partial charge in [0.05, 0.1) is 5.02 Å². The number of piperidine rings is 1. The van der Waals surface area contributed by atoms with Crippen LogP contribution in [0.2, 0.25) is 5.02 Å². The first-order valence-electron chi connectivity index (χ1n) is 7.60. The van der Waals surface area contributed by atoms with E-state index >= 15 is 0 Å². The number of nitrogens with zero attached hydrogens (tertiary/aromatic N) is 1. The summed E-state index contributed by atoms with van der Waals surface area (Å²) in [5, 5.41) is 3.77.